The third-order valence-electron chi connectivity index (χ3n) is 6.64. The molecule has 1 aromatic heterocycles. The van der Waals surface area contributed by atoms with Crippen LogP contribution in [0.15, 0.2) is 46.9 Å². The summed E-state index contributed by atoms with van der Waals surface area (Å²) in [7, 11) is 1.78. The zero-order valence-corrected chi connectivity index (χ0v) is 22.1. The van der Waals surface area contributed by atoms with Crippen LogP contribution in [0.2, 0.25) is 0 Å². The number of aryl methyl sites for hydroxylation is 1. The minimum atomic E-state index is -0.854. The molecular weight excluding hydrogens is 527 g/mol. The molecule has 0 bridgehead atoms. The molecule has 1 saturated carbocycles. The van der Waals surface area contributed by atoms with Crippen molar-refractivity contribution in [2.75, 3.05) is 13.1 Å². The van der Waals surface area contributed by atoms with E-state index in [2.05, 4.69) is 26.3 Å². The Morgan fingerprint density at radius 1 is 1.25 bits per heavy atom. The molecule has 1 aliphatic carbocycles. The van der Waals surface area contributed by atoms with Crippen molar-refractivity contribution < 1.29 is 18.7 Å². The first-order valence-electron chi connectivity index (χ1n) is 12.0. The fraction of sp³-hybridized carbons (Fsp3) is 0.370. The van der Waals surface area contributed by atoms with Gasteiger partial charge in [-0.2, -0.15) is 5.10 Å². The van der Waals surface area contributed by atoms with Gasteiger partial charge in [0.25, 0.3) is 5.91 Å². The van der Waals surface area contributed by atoms with Crippen LogP contribution in [0.4, 0.5) is 4.39 Å². The third kappa shape index (κ3) is 4.76. The van der Waals surface area contributed by atoms with E-state index >= 15 is 0 Å². The number of hydrogen-bond donors (Lipinski definition) is 1. The number of fused-ring (bicyclic) bond motifs is 3. The molecule has 0 radical (unpaired) electrons. The van der Waals surface area contributed by atoms with Crippen molar-refractivity contribution in [2.24, 2.45) is 13.0 Å². The van der Waals surface area contributed by atoms with Gasteiger partial charge >= 0.3 is 0 Å². The summed E-state index contributed by atoms with van der Waals surface area (Å²) in [6.45, 7) is 4.11. The number of nitrogens with one attached hydrogen (secondary N) is 1. The second kappa shape index (κ2) is 9.35. The molecule has 0 spiro atoms. The Bertz CT molecular complexity index is 1350. The summed E-state index contributed by atoms with van der Waals surface area (Å²) >= 11 is 3.51. The molecule has 2 amide bonds. The highest BCUT2D eigenvalue weighted by Gasteiger charge is 2.41. The van der Waals surface area contributed by atoms with Crippen LogP contribution >= 0.6 is 15.9 Å². The standard InChI is InChI=1S/C27H28BrFN4O3/c1-27(2)23-24(31-32(3)25(23)19-12-18(28)10-11-21(19)36-27)26(35)33(14-17-6-4-5-7-20(17)29)15-22(34)30-13-16-8-9-16/h4-7,10-12,16H,8-9,13-15H2,1-3H3,(H,30,34). The van der Waals surface area contributed by atoms with Crippen molar-refractivity contribution in [1.29, 1.82) is 0 Å². The van der Waals surface area contributed by atoms with Gasteiger partial charge in [-0.15, -0.1) is 0 Å². The van der Waals surface area contributed by atoms with E-state index in [1.54, 1.807) is 29.9 Å². The lowest BCUT2D eigenvalue weighted by atomic mass is 9.88. The number of benzene rings is 2. The topological polar surface area (TPSA) is 76.5 Å². The van der Waals surface area contributed by atoms with Gasteiger partial charge in [-0.1, -0.05) is 34.1 Å². The van der Waals surface area contributed by atoms with Gasteiger partial charge < -0.3 is 15.0 Å². The minimum Gasteiger partial charge on any atom is -0.482 e. The normalized spacial score (nSPS) is 15.5. The van der Waals surface area contributed by atoms with Crippen LogP contribution in [0.1, 0.15) is 48.3 Å². The molecule has 0 unspecified atom stereocenters. The number of hydrogen-bond acceptors (Lipinski definition) is 4. The molecule has 188 valence electrons. The number of halogens is 2. The lowest BCUT2D eigenvalue weighted by Crippen LogP contribution is -2.42. The summed E-state index contributed by atoms with van der Waals surface area (Å²) in [6, 6.07) is 12.0. The highest BCUT2D eigenvalue weighted by atomic mass is 79.9. The largest absolute Gasteiger partial charge is 0.482 e. The molecule has 1 N–H and O–H groups in total. The Balaban J connectivity index is 1.53. The van der Waals surface area contributed by atoms with Gasteiger partial charge in [0.2, 0.25) is 5.91 Å². The Morgan fingerprint density at radius 3 is 2.72 bits per heavy atom. The second-order valence-electron chi connectivity index (χ2n) is 9.95. The van der Waals surface area contributed by atoms with E-state index < -0.39 is 17.3 Å². The van der Waals surface area contributed by atoms with Crippen LogP contribution in [0.3, 0.4) is 0 Å². The van der Waals surface area contributed by atoms with Gasteiger partial charge in [0, 0.05) is 35.7 Å². The Morgan fingerprint density at radius 2 is 2.00 bits per heavy atom. The zero-order chi connectivity index (χ0) is 25.6. The molecule has 2 heterocycles. The van der Waals surface area contributed by atoms with Crippen LogP contribution in [-0.4, -0.2) is 39.6 Å². The zero-order valence-electron chi connectivity index (χ0n) is 20.5. The summed E-state index contributed by atoms with van der Waals surface area (Å²) < 4.78 is 23.4. The monoisotopic (exact) mass is 554 g/mol. The molecule has 5 rings (SSSR count). The molecule has 0 saturated heterocycles. The van der Waals surface area contributed by atoms with Crippen molar-refractivity contribution in [1.82, 2.24) is 20.0 Å². The average molecular weight is 555 g/mol. The van der Waals surface area contributed by atoms with E-state index in [4.69, 9.17) is 4.74 Å². The fourth-order valence-corrected chi connectivity index (χ4v) is 5.01. The van der Waals surface area contributed by atoms with E-state index in [1.807, 2.05) is 32.0 Å². The van der Waals surface area contributed by atoms with Crippen molar-refractivity contribution in [3.63, 3.8) is 0 Å². The molecule has 36 heavy (non-hydrogen) atoms. The molecule has 3 aromatic rings. The Hall–Kier alpha value is -3.20. The summed E-state index contributed by atoms with van der Waals surface area (Å²) in [5, 5.41) is 7.50. The molecule has 2 aliphatic rings. The van der Waals surface area contributed by atoms with Crippen LogP contribution in [-0.2, 0) is 24.0 Å². The molecule has 2 aromatic carbocycles. The van der Waals surface area contributed by atoms with E-state index in [0.29, 0.717) is 29.3 Å². The van der Waals surface area contributed by atoms with Crippen molar-refractivity contribution in [3.05, 3.63) is 69.6 Å². The van der Waals surface area contributed by atoms with Gasteiger partial charge in [-0.3, -0.25) is 14.3 Å². The maximum atomic E-state index is 14.5. The highest BCUT2D eigenvalue weighted by Crippen LogP contribution is 2.47. The highest BCUT2D eigenvalue weighted by molar-refractivity contribution is 9.10. The molecule has 9 heteroatoms. The number of aromatic nitrogens is 2. The number of ether oxygens (including phenoxy) is 1. The van der Waals surface area contributed by atoms with Gasteiger partial charge in [0.1, 0.15) is 23.7 Å². The Labute approximate surface area is 217 Å². The van der Waals surface area contributed by atoms with Crippen LogP contribution in [0.25, 0.3) is 11.3 Å². The quantitative estimate of drug-likeness (QED) is 0.455. The van der Waals surface area contributed by atoms with Crippen molar-refractivity contribution in [2.45, 2.75) is 38.8 Å². The predicted octanol–water partition coefficient (Wildman–Crippen LogP) is 4.78. The first-order valence-corrected chi connectivity index (χ1v) is 12.8. The predicted molar refractivity (Wildman–Crippen MR) is 137 cm³/mol. The lowest BCUT2D eigenvalue weighted by molar-refractivity contribution is -0.122. The first kappa shape index (κ1) is 24.5. The van der Waals surface area contributed by atoms with E-state index in [9.17, 15) is 14.0 Å². The molecule has 1 aliphatic heterocycles. The van der Waals surface area contributed by atoms with Crippen LogP contribution < -0.4 is 10.1 Å². The van der Waals surface area contributed by atoms with Gasteiger partial charge in [0.05, 0.1) is 11.3 Å². The molecule has 7 nitrogen and oxygen atoms in total. The number of nitrogens with zero attached hydrogens (tertiary/aromatic N) is 3. The van der Waals surface area contributed by atoms with Crippen LogP contribution in [0, 0.1) is 11.7 Å². The smallest absolute Gasteiger partial charge is 0.275 e. The number of rotatable bonds is 7. The molecule has 1 fully saturated rings. The van der Waals surface area contributed by atoms with Crippen LogP contribution in [0.5, 0.6) is 5.75 Å². The summed E-state index contributed by atoms with van der Waals surface area (Å²) in [4.78, 5) is 28.1. The number of carbonyl (C=O) groups excluding carboxylic acids is 2. The summed E-state index contributed by atoms with van der Waals surface area (Å²) in [6.07, 6.45) is 2.20. The lowest BCUT2D eigenvalue weighted by Gasteiger charge is -2.34. The minimum absolute atomic E-state index is 0.0584. The summed E-state index contributed by atoms with van der Waals surface area (Å²) in [5.41, 5.74) is 1.89. The Kier molecular flexibility index (Phi) is 6.36. The molecular formula is C27H28BrFN4O3. The van der Waals surface area contributed by atoms with Gasteiger partial charge in [0.15, 0.2) is 5.69 Å². The number of carbonyl (C=O) groups is 2. The van der Waals surface area contributed by atoms with Crippen molar-refractivity contribution >= 4 is 27.7 Å². The fourth-order valence-electron chi connectivity index (χ4n) is 4.65. The maximum absolute atomic E-state index is 14.5. The average Bonchev–Trinajstić information content (AvgIpc) is 3.59. The maximum Gasteiger partial charge on any atom is 0.275 e. The van der Waals surface area contributed by atoms with Gasteiger partial charge in [-0.25, -0.2) is 4.39 Å². The second-order valence-corrected chi connectivity index (χ2v) is 10.9. The van der Waals surface area contributed by atoms with E-state index in [1.165, 1.54) is 11.0 Å². The van der Waals surface area contributed by atoms with Gasteiger partial charge in [-0.05, 0) is 56.9 Å². The molecule has 0 atom stereocenters. The van der Waals surface area contributed by atoms with Crippen molar-refractivity contribution in [3.8, 4) is 17.0 Å². The van der Waals surface area contributed by atoms with E-state index in [-0.39, 0.29) is 24.7 Å². The summed E-state index contributed by atoms with van der Waals surface area (Å²) in [5.74, 6) is 0.0392. The van der Waals surface area contributed by atoms with E-state index in [0.717, 1.165) is 28.6 Å². The SMILES string of the molecule is Cn1nc(C(=O)N(CC(=O)NCC2CC2)Cc2ccccc2F)c2c1-c1cc(Br)ccc1OC2(C)C. The first-order chi connectivity index (χ1) is 17.1. The third-order valence-corrected chi connectivity index (χ3v) is 7.13. The number of amides is 2.